The molecule has 0 aromatic heterocycles. The van der Waals surface area contributed by atoms with Crippen LogP contribution in [0.1, 0.15) is 24.8 Å². The van der Waals surface area contributed by atoms with Crippen molar-refractivity contribution in [2.45, 2.75) is 25.5 Å². The second-order valence-corrected chi connectivity index (χ2v) is 3.94. The van der Waals surface area contributed by atoms with Gasteiger partial charge in [0.2, 0.25) is 0 Å². The van der Waals surface area contributed by atoms with Crippen molar-refractivity contribution in [3.05, 3.63) is 29.6 Å². The summed E-state index contributed by atoms with van der Waals surface area (Å²) in [4.78, 5) is 1.70. The molecule has 3 nitrogen and oxygen atoms in total. The molecule has 16 heavy (non-hydrogen) atoms. The average Bonchev–Trinajstić information content (AvgIpc) is 2.29. The molecule has 1 fully saturated rings. The van der Waals surface area contributed by atoms with Gasteiger partial charge in [0.15, 0.2) is 0 Å². The van der Waals surface area contributed by atoms with E-state index in [2.05, 4.69) is 0 Å². The highest BCUT2D eigenvalue weighted by Crippen LogP contribution is 2.27. The SMILES string of the molecule is N#Cc1ccc(F)cc1N1CCCCC1O. The number of halogens is 1. The monoisotopic (exact) mass is 220 g/mol. The molecule has 1 saturated heterocycles. The molecule has 0 saturated carbocycles. The van der Waals surface area contributed by atoms with E-state index in [1.54, 1.807) is 4.90 Å². The van der Waals surface area contributed by atoms with Crippen LogP contribution in [-0.4, -0.2) is 17.9 Å². The van der Waals surface area contributed by atoms with Gasteiger partial charge in [0.1, 0.15) is 18.1 Å². The van der Waals surface area contributed by atoms with Crippen LogP contribution >= 0.6 is 0 Å². The zero-order valence-electron chi connectivity index (χ0n) is 8.86. The maximum Gasteiger partial charge on any atom is 0.126 e. The molecule has 1 aromatic rings. The van der Waals surface area contributed by atoms with Crippen molar-refractivity contribution in [2.75, 3.05) is 11.4 Å². The highest BCUT2D eigenvalue weighted by molar-refractivity contribution is 5.59. The van der Waals surface area contributed by atoms with Crippen LogP contribution in [0.3, 0.4) is 0 Å². The zero-order chi connectivity index (χ0) is 11.5. The summed E-state index contributed by atoms with van der Waals surface area (Å²) < 4.78 is 13.1. The Morgan fingerprint density at radius 3 is 2.94 bits per heavy atom. The summed E-state index contributed by atoms with van der Waals surface area (Å²) in [7, 11) is 0. The van der Waals surface area contributed by atoms with Crippen LogP contribution in [-0.2, 0) is 0 Å². The fourth-order valence-corrected chi connectivity index (χ4v) is 2.03. The van der Waals surface area contributed by atoms with Gasteiger partial charge in [0, 0.05) is 6.54 Å². The fraction of sp³-hybridized carbons (Fsp3) is 0.417. The maximum absolute atomic E-state index is 13.1. The van der Waals surface area contributed by atoms with Crippen LogP contribution in [0, 0.1) is 17.1 Å². The Kier molecular flexibility index (Phi) is 3.07. The normalized spacial score (nSPS) is 20.6. The van der Waals surface area contributed by atoms with Crippen LogP contribution in [0.2, 0.25) is 0 Å². The first kappa shape index (κ1) is 10.9. The molecule has 4 heteroatoms. The largest absolute Gasteiger partial charge is 0.374 e. The van der Waals surface area contributed by atoms with E-state index < -0.39 is 6.23 Å². The number of benzene rings is 1. The second kappa shape index (κ2) is 4.50. The molecule has 0 radical (unpaired) electrons. The molecule has 1 atom stereocenters. The summed E-state index contributed by atoms with van der Waals surface area (Å²) in [5.41, 5.74) is 0.900. The fourth-order valence-electron chi connectivity index (χ4n) is 2.03. The molecule has 0 bridgehead atoms. The smallest absolute Gasteiger partial charge is 0.126 e. The number of rotatable bonds is 1. The quantitative estimate of drug-likeness (QED) is 0.787. The van der Waals surface area contributed by atoms with Crippen molar-refractivity contribution in [1.82, 2.24) is 0 Å². The second-order valence-electron chi connectivity index (χ2n) is 3.94. The van der Waals surface area contributed by atoms with E-state index in [9.17, 15) is 9.50 Å². The predicted molar refractivity (Wildman–Crippen MR) is 58.3 cm³/mol. The van der Waals surface area contributed by atoms with Crippen molar-refractivity contribution in [3.8, 4) is 6.07 Å². The lowest BCUT2D eigenvalue weighted by atomic mass is 10.1. The van der Waals surface area contributed by atoms with E-state index in [-0.39, 0.29) is 5.82 Å². The molecule has 1 aromatic carbocycles. The van der Waals surface area contributed by atoms with Crippen LogP contribution in [0.4, 0.5) is 10.1 Å². The van der Waals surface area contributed by atoms with E-state index in [0.717, 1.165) is 12.8 Å². The topological polar surface area (TPSA) is 47.3 Å². The Morgan fingerprint density at radius 2 is 2.25 bits per heavy atom. The average molecular weight is 220 g/mol. The Morgan fingerprint density at radius 1 is 1.44 bits per heavy atom. The van der Waals surface area contributed by atoms with Gasteiger partial charge >= 0.3 is 0 Å². The molecular weight excluding hydrogens is 207 g/mol. The number of piperidine rings is 1. The number of aliphatic hydroxyl groups excluding tert-OH is 1. The van der Waals surface area contributed by atoms with Gasteiger partial charge in [-0.3, -0.25) is 0 Å². The summed E-state index contributed by atoms with van der Waals surface area (Å²) in [5.74, 6) is -0.383. The first-order valence-electron chi connectivity index (χ1n) is 5.37. The molecule has 1 aliphatic heterocycles. The maximum atomic E-state index is 13.1. The zero-order valence-corrected chi connectivity index (χ0v) is 8.86. The van der Waals surface area contributed by atoms with Gasteiger partial charge in [-0.25, -0.2) is 4.39 Å². The summed E-state index contributed by atoms with van der Waals surface area (Å²) in [6.45, 7) is 0.666. The van der Waals surface area contributed by atoms with Gasteiger partial charge in [0.25, 0.3) is 0 Å². The lowest BCUT2D eigenvalue weighted by molar-refractivity contribution is 0.140. The molecule has 84 valence electrons. The molecule has 1 N–H and O–H groups in total. The number of anilines is 1. The number of nitrogens with zero attached hydrogens (tertiary/aromatic N) is 2. The lowest BCUT2D eigenvalue weighted by Gasteiger charge is -2.34. The van der Waals surface area contributed by atoms with Crippen molar-refractivity contribution < 1.29 is 9.50 Å². The molecule has 1 aliphatic rings. The standard InChI is InChI=1S/C12H13FN2O/c13-10-5-4-9(8-14)11(7-10)15-6-2-1-3-12(15)16/h4-5,7,12,16H,1-3,6H2. The molecule has 1 unspecified atom stereocenters. The van der Waals surface area contributed by atoms with E-state index in [1.807, 2.05) is 6.07 Å². The lowest BCUT2D eigenvalue weighted by Crippen LogP contribution is -2.39. The van der Waals surface area contributed by atoms with Crippen molar-refractivity contribution in [1.29, 1.82) is 5.26 Å². The third kappa shape index (κ3) is 2.00. The number of nitriles is 1. The molecular formula is C12H13FN2O. The van der Waals surface area contributed by atoms with E-state index >= 15 is 0 Å². The highest BCUT2D eigenvalue weighted by Gasteiger charge is 2.22. The molecule has 0 amide bonds. The Bertz CT molecular complexity index is 428. The third-order valence-corrected chi connectivity index (χ3v) is 2.86. The minimum absolute atomic E-state index is 0.383. The van der Waals surface area contributed by atoms with Crippen LogP contribution in [0.25, 0.3) is 0 Å². The van der Waals surface area contributed by atoms with E-state index in [4.69, 9.17) is 5.26 Å². The van der Waals surface area contributed by atoms with Crippen molar-refractivity contribution in [2.24, 2.45) is 0 Å². The van der Waals surface area contributed by atoms with E-state index in [1.165, 1.54) is 18.2 Å². The van der Waals surface area contributed by atoms with Crippen LogP contribution in [0.5, 0.6) is 0 Å². The van der Waals surface area contributed by atoms with Gasteiger partial charge in [-0.1, -0.05) is 0 Å². The molecule has 0 spiro atoms. The van der Waals surface area contributed by atoms with Crippen molar-refractivity contribution in [3.63, 3.8) is 0 Å². The summed E-state index contributed by atoms with van der Waals surface area (Å²) >= 11 is 0. The first-order valence-corrected chi connectivity index (χ1v) is 5.37. The number of hydrogen-bond acceptors (Lipinski definition) is 3. The molecule has 0 aliphatic carbocycles. The Balaban J connectivity index is 2.38. The van der Waals surface area contributed by atoms with Gasteiger partial charge < -0.3 is 10.0 Å². The van der Waals surface area contributed by atoms with Crippen LogP contribution < -0.4 is 4.90 Å². The third-order valence-electron chi connectivity index (χ3n) is 2.86. The Labute approximate surface area is 93.7 Å². The summed E-state index contributed by atoms with van der Waals surface area (Å²) in [6.07, 6.45) is 1.98. The first-order chi connectivity index (χ1) is 7.72. The van der Waals surface area contributed by atoms with Gasteiger partial charge in [-0.2, -0.15) is 5.26 Å². The predicted octanol–water partition coefficient (Wildman–Crippen LogP) is 2.01. The summed E-state index contributed by atoms with van der Waals surface area (Å²) in [6, 6.07) is 6.05. The van der Waals surface area contributed by atoms with Gasteiger partial charge in [-0.05, 0) is 37.5 Å². The van der Waals surface area contributed by atoms with Crippen molar-refractivity contribution >= 4 is 5.69 Å². The minimum Gasteiger partial charge on any atom is -0.374 e. The number of hydrogen-bond donors (Lipinski definition) is 1. The van der Waals surface area contributed by atoms with Crippen LogP contribution in [0.15, 0.2) is 18.2 Å². The summed E-state index contributed by atoms with van der Waals surface area (Å²) in [5, 5.41) is 18.8. The number of aliphatic hydroxyl groups is 1. The Hall–Kier alpha value is -1.60. The van der Waals surface area contributed by atoms with Gasteiger partial charge in [0.05, 0.1) is 11.3 Å². The molecule has 1 heterocycles. The molecule has 2 rings (SSSR count). The van der Waals surface area contributed by atoms with Gasteiger partial charge in [-0.15, -0.1) is 0 Å². The highest BCUT2D eigenvalue weighted by atomic mass is 19.1. The minimum atomic E-state index is -0.609. The van der Waals surface area contributed by atoms with E-state index in [0.29, 0.717) is 24.2 Å².